The summed E-state index contributed by atoms with van der Waals surface area (Å²) in [6.45, 7) is 6.48. The quantitative estimate of drug-likeness (QED) is 0.497. The van der Waals surface area contributed by atoms with E-state index in [2.05, 4.69) is 59.1 Å². The van der Waals surface area contributed by atoms with Crippen LogP contribution < -0.4 is 16.0 Å². The molecular formula is C22H30N4O. The first-order chi connectivity index (χ1) is 13.1. The molecule has 0 spiro atoms. The Labute approximate surface area is 162 Å². The Morgan fingerprint density at radius 1 is 1.00 bits per heavy atom. The number of aliphatic imine (C=N–C) groups is 1. The molecule has 0 aromatic heterocycles. The predicted octanol–water partition coefficient (Wildman–Crippen LogP) is 2.69. The van der Waals surface area contributed by atoms with Crippen molar-refractivity contribution in [1.82, 2.24) is 16.0 Å². The maximum absolute atomic E-state index is 11.7. The third-order valence-corrected chi connectivity index (χ3v) is 4.26. The molecule has 0 saturated heterocycles. The van der Waals surface area contributed by atoms with Gasteiger partial charge in [-0.1, -0.05) is 42.0 Å². The van der Waals surface area contributed by atoms with Gasteiger partial charge >= 0.3 is 0 Å². The van der Waals surface area contributed by atoms with Crippen molar-refractivity contribution in [1.29, 1.82) is 0 Å². The van der Waals surface area contributed by atoms with Crippen LogP contribution in [0.1, 0.15) is 34.0 Å². The third kappa shape index (κ3) is 7.13. The van der Waals surface area contributed by atoms with Gasteiger partial charge in [0.15, 0.2) is 5.96 Å². The standard InChI is InChI=1S/C22H30N4O/c1-4-24-22(25-14-12-18-10-8-17(2)9-11-18)26-15-13-19-6-5-7-20(16-19)21(27)23-3/h5-11,16H,4,12-15H2,1-3H3,(H,23,27)(H2,24,25,26). The van der Waals surface area contributed by atoms with Gasteiger partial charge in [-0.15, -0.1) is 0 Å². The van der Waals surface area contributed by atoms with Gasteiger partial charge in [0.05, 0.1) is 0 Å². The fourth-order valence-corrected chi connectivity index (χ4v) is 2.73. The number of aryl methyl sites for hydroxylation is 1. The van der Waals surface area contributed by atoms with Crippen molar-refractivity contribution in [3.8, 4) is 0 Å². The van der Waals surface area contributed by atoms with Crippen LogP contribution in [0.15, 0.2) is 53.5 Å². The van der Waals surface area contributed by atoms with Gasteiger partial charge in [-0.3, -0.25) is 9.79 Å². The lowest BCUT2D eigenvalue weighted by molar-refractivity contribution is 0.0963. The van der Waals surface area contributed by atoms with Crippen molar-refractivity contribution in [2.24, 2.45) is 4.99 Å². The summed E-state index contributed by atoms with van der Waals surface area (Å²) in [4.78, 5) is 16.4. The molecule has 2 aromatic rings. The van der Waals surface area contributed by atoms with Crippen LogP contribution in [0, 0.1) is 6.92 Å². The minimum absolute atomic E-state index is 0.0594. The molecule has 0 aliphatic rings. The second-order valence-corrected chi connectivity index (χ2v) is 6.45. The highest BCUT2D eigenvalue weighted by molar-refractivity contribution is 5.94. The van der Waals surface area contributed by atoms with Gasteiger partial charge in [-0.25, -0.2) is 0 Å². The molecule has 27 heavy (non-hydrogen) atoms. The molecule has 2 aromatic carbocycles. The van der Waals surface area contributed by atoms with Crippen LogP contribution in [0.4, 0.5) is 0 Å². The first-order valence-corrected chi connectivity index (χ1v) is 9.51. The summed E-state index contributed by atoms with van der Waals surface area (Å²) in [6.07, 6.45) is 1.75. The van der Waals surface area contributed by atoms with Crippen LogP contribution in [0.3, 0.4) is 0 Å². The number of carbonyl (C=O) groups excluding carboxylic acids is 1. The summed E-state index contributed by atoms with van der Waals surface area (Å²) in [6, 6.07) is 16.3. The molecule has 0 radical (unpaired) electrons. The normalized spacial score (nSPS) is 11.1. The Bertz CT molecular complexity index is 753. The first kappa shape index (κ1) is 20.5. The van der Waals surface area contributed by atoms with Crippen molar-refractivity contribution in [2.45, 2.75) is 26.7 Å². The summed E-state index contributed by atoms with van der Waals surface area (Å²) in [7, 11) is 1.65. The molecule has 0 aliphatic heterocycles. The second-order valence-electron chi connectivity index (χ2n) is 6.45. The van der Waals surface area contributed by atoms with Crippen LogP contribution in [0.25, 0.3) is 0 Å². The van der Waals surface area contributed by atoms with E-state index in [-0.39, 0.29) is 5.91 Å². The van der Waals surface area contributed by atoms with Crippen molar-refractivity contribution in [2.75, 3.05) is 26.7 Å². The minimum Gasteiger partial charge on any atom is -0.357 e. The smallest absolute Gasteiger partial charge is 0.251 e. The average Bonchev–Trinajstić information content (AvgIpc) is 2.69. The van der Waals surface area contributed by atoms with E-state index >= 15 is 0 Å². The van der Waals surface area contributed by atoms with Crippen LogP contribution in [-0.4, -0.2) is 38.5 Å². The van der Waals surface area contributed by atoms with Crippen LogP contribution in [0.5, 0.6) is 0 Å². The number of rotatable bonds is 8. The number of carbonyl (C=O) groups is 1. The van der Waals surface area contributed by atoms with Gasteiger partial charge in [0.1, 0.15) is 0 Å². The summed E-state index contributed by atoms with van der Waals surface area (Å²) < 4.78 is 0. The third-order valence-electron chi connectivity index (χ3n) is 4.26. The molecule has 3 N–H and O–H groups in total. The van der Waals surface area contributed by atoms with Gasteiger partial charge in [-0.05, 0) is 49.9 Å². The first-order valence-electron chi connectivity index (χ1n) is 9.51. The maximum atomic E-state index is 11.7. The molecular weight excluding hydrogens is 336 g/mol. The molecule has 5 nitrogen and oxygen atoms in total. The molecule has 1 amide bonds. The summed E-state index contributed by atoms with van der Waals surface area (Å²) >= 11 is 0. The average molecular weight is 367 g/mol. The van der Waals surface area contributed by atoms with E-state index in [0.29, 0.717) is 5.56 Å². The second kappa shape index (κ2) is 11.0. The lowest BCUT2D eigenvalue weighted by Gasteiger charge is -2.12. The summed E-state index contributed by atoms with van der Waals surface area (Å²) in [5.41, 5.74) is 4.39. The molecule has 0 atom stereocenters. The highest BCUT2D eigenvalue weighted by atomic mass is 16.1. The van der Waals surface area contributed by atoms with Gasteiger partial charge < -0.3 is 16.0 Å². The van der Waals surface area contributed by atoms with E-state index < -0.39 is 0 Å². The number of nitrogens with one attached hydrogen (secondary N) is 3. The lowest BCUT2D eigenvalue weighted by Crippen LogP contribution is -2.38. The fraction of sp³-hybridized carbons (Fsp3) is 0.364. The molecule has 0 unspecified atom stereocenters. The SMILES string of the molecule is CCNC(=NCCc1ccc(C)cc1)NCCc1cccc(C(=O)NC)c1. The van der Waals surface area contributed by atoms with Crippen molar-refractivity contribution < 1.29 is 4.79 Å². The van der Waals surface area contributed by atoms with Crippen LogP contribution in [0.2, 0.25) is 0 Å². The largest absolute Gasteiger partial charge is 0.357 e. The van der Waals surface area contributed by atoms with Crippen molar-refractivity contribution in [3.05, 3.63) is 70.8 Å². The number of guanidine groups is 1. The van der Waals surface area contributed by atoms with Crippen molar-refractivity contribution >= 4 is 11.9 Å². The molecule has 0 fully saturated rings. The van der Waals surface area contributed by atoms with E-state index in [1.54, 1.807) is 7.05 Å². The Morgan fingerprint density at radius 2 is 1.78 bits per heavy atom. The zero-order valence-electron chi connectivity index (χ0n) is 16.5. The molecule has 2 rings (SSSR count). The number of nitrogens with zero attached hydrogens (tertiary/aromatic N) is 1. The van der Waals surface area contributed by atoms with E-state index in [1.807, 2.05) is 24.3 Å². The number of amides is 1. The van der Waals surface area contributed by atoms with Gasteiger partial charge in [0.25, 0.3) is 5.91 Å². The predicted molar refractivity (Wildman–Crippen MR) is 112 cm³/mol. The van der Waals surface area contributed by atoms with Crippen LogP contribution >= 0.6 is 0 Å². The highest BCUT2D eigenvalue weighted by Gasteiger charge is 2.04. The zero-order chi connectivity index (χ0) is 19.5. The lowest BCUT2D eigenvalue weighted by atomic mass is 10.1. The minimum atomic E-state index is -0.0594. The maximum Gasteiger partial charge on any atom is 0.251 e. The zero-order valence-corrected chi connectivity index (χ0v) is 16.5. The number of hydrogen-bond donors (Lipinski definition) is 3. The number of benzene rings is 2. The molecule has 144 valence electrons. The molecule has 0 heterocycles. The Balaban J connectivity index is 1.84. The van der Waals surface area contributed by atoms with E-state index in [1.165, 1.54) is 11.1 Å². The molecule has 0 aliphatic carbocycles. The molecule has 0 saturated carbocycles. The highest BCUT2D eigenvalue weighted by Crippen LogP contribution is 2.06. The van der Waals surface area contributed by atoms with Gasteiger partial charge in [0, 0.05) is 32.2 Å². The van der Waals surface area contributed by atoms with E-state index in [9.17, 15) is 4.79 Å². The van der Waals surface area contributed by atoms with Crippen LogP contribution in [-0.2, 0) is 12.8 Å². The Hall–Kier alpha value is -2.82. The number of hydrogen-bond acceptors (Lipinski definition) is 2. The summed E-state index contributed by atoms with van der Waals surface area (Å²) in [5.74, 6) is 0.767. The van der Waals surface area contributed by atoms with E-state index in [4.69, 9.17) is 0 Å². The topological polar surface area (TPSA) is 65.5 Å². The molecule has 0 bridgehead atoms. The van der Waals surface area contributed by atoms with E-state index in [0.717, 1.165) is 44.0 Å². The van der Waals surface area contributed by atoms with Gasteiger partial charge in [-0.2, -0.15) is 0 Å². The summed E-state index contributed by atoms with van der Waals surface area (Å²) in [5, 5.41) is 9.30. The van der Waals surface area contributed by atoms with Crippen molar-refractivity contribution in [3.63, 3.8) is 0 Å². The Morgan fingerprint density at radius 3 is 2.48 bits per heavy atom. The molecule has 5 heteroatoms. The van der Waals surface area contributed by atoms with Gasteiger partial charge in [0.2, 0.25) is 0 Å². The fourth-order valence-electron chi connectivity index (χ4n) is 2.73. The monoisotopic (exact) mass is 366 g/mol. The Kier molecular flexibility index (Phi) is 8.36.